The van der Waals surface area contributed by atoms with Gasteiger partial charge < -0.3 is 5.32 Å². The Labute approximate surface area is 147 Å². The summed E-state index contributed by atoms with van der Waals surface area (Å²) < 4.78 is 27.6. The average molecular weight is 368 g/mol. The standard InChI is InChI=1S/C17H25N3O2S2/c1-12(2)24(21,22)18-11-13-7-9-14(10-8-13)19-17-20-15-5-3-4-6-16(15)23-17/h3-6,12-14,18H,7-11H2,1-2H3,(H,19,20)/t13-,14-. The summed E-state index contributed by atoms with van der Waals surface area (Å²) in [7, 11) is -3.15. The van der Waals surface area contributed by atoms with Crippen LogP contribution in [0.15, 0.2) is 24.3 Å². The molecule has 1 aliphatic rings. The summed E-state index contributed by atoms with van der Waals surface area (Å²) >= 11 is 1.69. The molecule has 132 valence electrons. The number of hydrogen-bond donors (Lipinski definition) is 2. The van der Waals surface area contributed by atoms with Crippen LogP contribution in [-0.2, 0) is 10.0 Å². The van der Waals surface area contributed by atoms with Crippen LogP contribution in [0.3, 0.4) is 0 Å². The lowest BCUT2D eigenvalue weighted by atomic mass is 9.86. The smallest absolute Gasteiger partial charge is 0.213 e. The maximum Gasteiger partial charge on any atom is 0.213 e. The first-order chi connectivity index (χ1) is 11.4. The van der Waals surface area contributed by atoms with Gasteiger partial charge in [0.05, 0.1) is 15.5 Å². The first-order valence-electron chi connectivity index (χ1n) is 8.54. The molecule has 1 heterocycles. The van der Waals surface area contributed by atoms with Crippen molar-refractivity contribution in [2.75, 3.05) is 11.9 Å². The van der Waals surface area contributed by atoms with Crippen LogP contribution in [0.1, 0.15) is 39.5 Å². The Bertz CT molecular complexity index is 745. The third-order valence-electron chi connectivity index (χ3n) is 4.66. The van der Waals surface area contributed by atoms with Crippen molar-refractivity contribution < 1.29 is 8.42 Å². The van der Waals surface area contributed by atoms with E-state index in [1.807, 2.05) is 18.2 Å². The first kappa shape index (κ1) is 17.6. The van der Waals surface area contributed by atoms with Gasteiger partial charge in [0.2, 0.25) is 10.0 Å². The van der Waals surface area contributed by atoms with Gasteiger partial charge in [0.15, 0.2) is 5.13 Å². The van der Waals surface area contributed by atoms with Gasteiger partial charge in [-0.1, -0.05) is 23.5 Å². The molecule has 1 aromatic heterocycles. The van der Waals surface area contributed by atoms with Crippen molar-refractivity contribution in [3.63, 3.8) is 0 Å². The minimum atomic E-state index is -3.15. The summed E-state index contributed by atoms with van der Waals surface area (Å²) in [6.07, 6.45) is 4.21. The minimum Gasteiger partial charge on any atom is -0.359 e. The molecule has 1 aromatic carbocycles. The monoisotopic (exact) mass is 367 g/mol. The number of para-hydroxylation sites is 1. The molecule has 7 heteroatoms. The number of nitrogens with zero attached hydrogens (tertiary/aromatic N) is 1. The van der Waals surface area contributed by atoms with Crippen molar-refractivity contribution in [3.8, 4) is 0 Å². The molecule has 2 aromatic rings. The third kappa shape index (κ3) is 4.26. The highest BCUT2D eigenvalue weighted by Crippen LogP contribution is 2.30. The summed E-state index contributed by atoms with van der Waals surface area (Å²) in [5, 5.41) is 4.17. The number of thiazole rings is 1. The molecule has 0 unspecified atom stereocenters. The number of sulfonamides is 1. The minimum absolute atomic E-state index is 0.366. The number of hydrogen-bond acceptors (Lipinski definition) is 5. The van der Waals surface area contributed by atoms with E-state index in [0.29, 0.717) is 18.5 Å². The van der Waals surface area contributed by atoms with Gasteiger partial charge in [0.1, 0.15) is 0 Å². The van der Waals surface area contributed by atoms with Crippen molar-refractivity contribution in [2.45, 2.75) is 50.8 Å². The molecule has 0 radical (unpaired) electrons. The predicted octanol–water partition coefficient (Wildman–Crippen LogP) is 3.59. The van der Waals surface area contributed by atoms with E-state index in [0.717, 1.165) is 36.3 Å². The second-order valence-corrected chi connectivity index (χ2v) is 10.1. The fourth-order valence-electron chi connectivity index (χ4n) is 3.02. The molecule has 2 N–H and O–H groups in total. The molecule has 1 aliphatic carbocycles. The predicted molar refractivity (Wildman–Crippen MR) is 101 cm³/mol. The topological polar surface area (TPSA) is 71.1 Å². The molecule has 0 amide bonds. The molecule has 1 fully saturated rings. The number of nitrogens with one attached hydrogen (secondary N) is 2. The fourth-order valence-corrected chi connectivity index (χ4v) is 4.76. The molecule has 3 rings (SSSR count). The Kier molecular flexibility index (Phi) is 5.42. The van der Waals surface area contributed by atoms with Gasteiger partial charge in [-0.3, -0.25) is 0 Å². The Balaban J connectivity index is 1.48. The molecule has 0 bridgehead atoms. The van der Waals surface area contributed by atoms with Crippen molar-refractivity contribution in [3.05, 3.63) is 24.3 Å². The summed E-state index contributed by atoms with van der Waals surface area (Å²) in [4.78, 5) is 4.63. The van der Waals surface area contributed by atoms with Crippen LogP contribution in [0.5, 0.6) is 0 Å². The van der Waals surface area contributed by atoms with Gasteiger partial charge in [0.25, 0.3) is 0 Å². The van der Waals surface area contributed by atoms with Crippen LogP contribution in [-0.4, -0.2) is 31.2 Å². The highest BCUT2D eigenvalue weighted by Gasteiger charge is 2.24. The van der Waals surface area contributed by atoms with E-state index in [1.54, 1.807) is 25.2 Å². The summed E-state index contributed by atoms with van der Waals surface area (Å²) in [5.41, 5.74) is 1.04. The van der Waals surface area contributed by atoms with Crippen LogP contribution >= 0.6 is 11.3 Å². The number of benzene rings is 1. The van der Waals surface area contributed by atoms with E-state index in [-0.39, 0.29) is 5.25 Å². The van der Waals surface area contributed by atoms with E-state index in [2.05, 4.69) is 21.1 Å². The zero-order valence-electron chi connectivity index (χ0n) is 14.2. The molecule has 5 nitrogen and oxygen atoms in total. The SMILES string of the molecule is CC(C)S(=O)(=O)NC[C@H]1CC[C@H](Nc2nc3ccccc3s2)CC1. The Morgan fingerprint density at radius 1 is 1.21 bits per heavy atom. The van der Waals surface area contributed by atoms with E-state index >= 15 is 0 Å². The fraction of sp³-hybridized carbons (Fsp3) is 0.588. The number of fused-ring (bicyclic) bond motifs is 1. The van der Waals surface area contributed by atoms with Crippen molar-refractivity contribution in [1.82, 2.24) is 9.71 Å². The van der Waals surface area contributed by atoms with Crippen LogP contribution in [0.25, 0.3) is 10.2 Å². The summed E-state index contributed by atoms with van der Waals surface area (Å²) in [6.45, 7) is 3.98. The lowest BCUT2D eigenvalue weighted by molar-refractivity contribution is 0.337. The summed E-state index contributed by atoms with van der Waals surface area (Å²) in [6, 6.07) is 8.61. The molecule has 24 heavy (non-hydrogen) atoms. The van der Waals surface area contributed by atoms with E-state index in [1.165, 1.54) is 4.70 Å². The number of aromatic nitrogens is 1. The molecule has 0 aliphatic heterocycles. The van der Waals surface area contributed by atoms with Crippen LogP contribution < -0.4 is 10.0 Å². The van der Waals surface area contributed by atoms with Crippen LogP contribution in [0, 0.1) is 5.92 Å². The maximum absolute atomic E-state index is 11.8. The third-order valence-corrected chi connectivity index (χ3v) is 7.44. The highest BCUT2D eigenvalue weighted by atomic mass is 32.2. The Hall–Kier alpha value is -1.18. The number of anilines is 1. The van der Waals surface area contributed by atoms with Gasteiger partial charge in [-0.05, 0) is 57.6 Å². The molecule has 1 saturated carbocycles. The maximum atomic E-state index is 11.8. The zero-order valence-corrected chi connectivity index (χ0v) is 15.8. The molecule has 0 atom stereocenters. The van der Waals surface area contributed by atoms with E-state index in [9.17, 15) is 8.42 Å². The number of rotatable bonds is 6. The molecule has 0 saturated heterocycles. The van der Waals surface area contributed by atoms with Gasteiger partial charge >= 0.3 is 0 Å². The van der Waals surface area contributed by atoms with Crippen LogP contribution in [0.4, 0.5) is 5.13 Å². The van der Waals surface area contributed by atoms with Gasteiger partial charge in [-0.2, -0.15) is 0 Å². The van der Waals surface area contributed by atoms with Gasteiger partial charge in [-0.15, -0.1) is 0 Å². The van der Waals surface area contributed by atoms with Crippen molar-refractivity contribution >= 4 is 36.7 Å². The van der Waals surface area contributed by atoms with Gasteiger partial charge in [-0.25, -0.2) is 18.1 Å². The zero-order chi connectivity index (χ0) is 17.2. The quantitative estimate of drug-likeness (QED) is 0.818. The lowest BCUT2D eigenvalue weighted by Gasteiger charge is -2.29. The van der Waals surface area contributed by atoms with E-state index < -0.39 is 10.0 Å². The molecular weight excluding hydrogens is 342 g/mol. The van der Waals surface area contributed by atoms with E-state index in [4.69, 9.17) is 0 Å². The molecule has 0 spiro atoms. The Morgan fingerprint density at radius 3 is 2.58 bits per heavy atom. The lowest BCUT2D eigenvalue weighted by Crippen LogP contribution is -2.37. The van der Waals surface area contributed by atoms with Crippen molar-refractivity contribution in [2.24, 2.45) is 5.92 Å². The van der Waals surface area contributed by atoms with Gasteiger partial charge in [0, 0.05) is 12.6 Å². The second-order valence-electron chi connectivity index (χ2n) is 6.79. The second kappa shape index (κ2) is 7.37. The molecular formula is C17H25N3O2S2. The average Bonchev–Trinajstić information content (AvgIpc) is 2.96. The summed E-state index contributed by atoms with van der Waals surface area (Å²) in [5.74, 6) is 0.437. The largest absolute Gasteiger partial charge is 0.359 e. The normalized spacial score (nSPS) is 22.1. The first-order valence-corrected chi connectivity index (χ1v) is 10.9. The van der Waals surface area contributed by atoms with Crippen molar-refractivity contribution in [1.29, 1.82) is 0 Å². The Morgan fingerprint density at radius 2 is 1.92 bits per heavy atom. The highest BCUT2D eigenvalue weighted by molar-refractivity contribution is 7.90. The van der Waals surface area contributed by atoms with Crippen LogP contribution in [0.2, 0.25) is 0 Å².